The van der Waals surface area contributed by atoms with Gasteiger partial charge in [-0.2, -0.15) is 0 Å². The molecule has 4 heteroatoms. The molecule has 0 fully saturated rings. The molecular formula is C15H25NO3. The Morgan fingerprint density at radius 3 is 2.32 bits per heavy atom. The highest BCUT2D eigenvalue weighted by Gasteiger charge is 2.10. The number of hydrogen-bond donors (Lipinski definition) is 1. The molecule has 1 rings (SSSR count). The minimum atomic E-state index is 0.194. The molecule has 0 amide bonds. The van der Waals surface area contributed by atoms with E-state index in [1.54, 1.807) is 7.11 Å². The Morgan fingerprint density at radius 2 is 1.74 bits per heavy atom. The van der Waals surface area contributed by atoms with Crippen LogP contribution >= 0.6 is 0 Å². The zero-order valence-corrected chi connectivity index (χ0v) is 12.1. The van der Waals surface area contributed by atoms with E-state index in [1.807, 2.05) is 31.2 Å². The van der Waals surface area contributed by atoms with Crippen LogP contribution in [0, 0.1) is 0 Å². The van der Waals surface area contributed by atoms with Crippen molar-refractivity contribution < 1.29 is 14.2 Å². The predicted octanol–water partition coefficient (Wildman–Crippen LogP) is 2.48. The second-order valence-electron chi connectivity index (χ2n) is 4.30. The second kappa shape index (κ2) is 9.64. The van der Waals surface area contributed by atoms with Crippen LogP contribution in [0.2, 0.25) is 0 Å². The van der Waals surface area contributed by atoms with E-state index >= 15 is 0 Å². The van der Waals surface area contributed by atoms with Gasteiger partial charge in [0.05, 0.1) is 19.3 Å². The van der Waals surface area contributed by atoms with Crippen LogP contribution in [0.25, 0.3) is 0 Å². The van der Waals surface area contributed by atoms with Gasteiger partial charge in [0.1, 0.15) is 6.61 Å². The third-order valence-electron chi connectivity index (χ3n) is 2.64. The molecule has 1 atom stereocenters. The lowest BCUT2D eigenvalue weighted by Gasteiger charge is -2.19. The first-order chi connectivity index (χ1) is 9.31. The number of rotatable bonds is 10. The number of benzene rings is 1. The Kier molecular flexibility index (Phi) is 8.02. The first-order valence-corrected chi connectivity index (χ1v) is 6.88. The van der Waals surface area contributed by atoms with E-state index in [9.17, 15) is 0 Å². The Labute approximate surface area is 116 Å². The van der Waals surface area contributed by atoms with Crippen molar-refractivity contribution in [3.05, 3.63) is 24.3 Å². The van der Waals surface area contributed by atoms with Crippen LogP contribution in [0.3, 0.4) is 0 Å². The summed E-state index contributed by atoms with van der Waals surface area (Å²) in [4.78, 5) is 0. The van der Waals surface area contributed by atoms with Crippen LogP contribution < -0.4 is 14.8 Å². The molecule has 1 aromatic carbocycles. The Morgan fingerprint density at radius 1 is 1.05 bits per heavy atom. The second-order valence-corrected chi connectivity index (χ2v) is 4.30. The largest absolute Gasteiger partial charge is 0.490 e. The van der Waals surface area contributed by atoms with Crippen molar-refractivity contribution in [2.24, 2.45) is 0 Å². The molecule has 0 aliphatic heterocycles. The molecule has 0 aliphatic carbocycles. The summed E-state index contributed by atoms with van der Waals surface area (Å²) in [5.74, 6) is 1.57. The summed E-state index contributed by atoms with van der Waals surface area (Å²) in [6.07, 6.45) is 1.09. The molecule has 1 aromatic rings. The molecule has 4 nitrogen and oxygen atoms in total. The SMILES string of the molecule is CCCNC(COC)COc1ccccc1OCC. The number of para-hydroxylation sites is 2. The van der Waals surface area contributed by atoms with E-state index in [-0.39, 0.29) is 6.04 Å². The van der Waals surface area contributed by atoms with E-state index in [4.69, 9.17) is 14.2 Å². The molecule has 1 unspecified atom stereocenters. The first kappa shape index (κ1) is 15.8. The highest BCUT2D eigenvalue weighted by molar-refractivity contribution is 5.39. The first-order valence-electron chi connectivity index (χ1n) is 6.88. The molecule has 0 spiro atoms. The third-order valence-corrected chi connectivity index (χ3v) is 2.64. The van der Waals surface area contributed by atoms with Gasteiger partial charge in [0, 0.05) is 7.11 Å². The van der Waals surface area contributed by atoms with Crippen molar-refractivity contribution in [1.82, 2.24) is 5.32 Å². The van der Waals surface area contributed by atoms with E-state index < -0.39 is 0 Å². The zero-order valence-electron chi connectivity index (χ0n) is 12.1. The Balaban J connectivity index is 2.52. The lowest BCUT2D eigenvalue weighted by atomic mass is 10.3. The summed E-state index contributed by atoms with van der Waals surface area (Å²) < 4.78 is 16.6. The Hall–Kier alpha value is -1.26. The van der Waals surface area contributed by atoms with Gasteiger partial charge in [0.15, 0.2) is 11.5 Å². The van der Waals surface area contributed by atoms with Gasteiger partial charge in [0.2, 0.25) is 0 Å². The van der Waals surface area contributed by atoms with Crippen molar-refractivity contribution in [2.75, 3.05) is 33.5 Å². The highest BCUT2D eigenvalue weighted by Crippen LogP contribution is 2.26. The molecule has 0 heterocycles. The minimum absolute atomic E-state index is 0.194. The third kappa shape index (κ3) is 5.94. The van der Waals surface area contributed by atoms with Crippen LogP contribution in [-0.4, -0.2) is 39.5 Å². The van der Waals surface area contributed by atoms with Crippen LogP contribution in [-0.2, 0) is 4.74 Å². The quantitative estimate of drug-likeness (QED) is 0.707. The molecule has 0 saturated heterocycles. The smallest absolute Gasteiger partial charge is 0.161 e. The van der Waals surface area contributed by atoms with Gasteiger partial charge in [-0.15, -0.1) is 0 Å². The van der Waals surface area contributed by atoms with Gasteiger partial charge in [-0.3, -0.25) is 0 Å². The molecular weight excluding hydrogens is 242 g/mol. The molecule has 0 saturated carbocycles. The van der Waals surface area contributed by atoms with Crippen LogP contribution in [0.1, 0.15) is 20.3 Å². The van der Waals surface area contributed by atoms with E-state index in [0.29, 0.717) is 19.8 Å². The summed E-state index contributed by atoms with van der Waals surface area (Å²) in [5.41, 5.74) is 0. The zero-order chi connectivity index (χ0) is 13.9. The fraction of sp³-hybridized carbons (Fsp3) is 0.600. The van der Waals surface area contributed by atoms with E-state index in [1.165, 1.54) is 0 Å². The average molecular weight is 267 g/mol. The fourth-order valence-electron chi connectivity index (χ4n) is 1.75. The molecule has 19 heavy (non-hydrogen) atoms. The fourth-order valence-corrected chi connectivity index (χ4v) is 1.75. The average Bonchev–Trinajstić information content (AvgIpc) is 2.43. The molecule has 0 bridgehead atoms. The number of methoxy groups -OCH3 is 1. The van der Waals surface area contributed by atoms with E-state index in [0.717, 1.165) is 24.5 Å². The van der Waals surface area contributed by atoms with Crippen molar-refractivity contribution in [1.29, 1.82) is 0 Å². The maximum atomic E-state index is 5.83. The summed E-state index contributed by atoms with van der Waals surface area (Å²) >= 11 is 0. The molecule has 108 valence electrons. The van der Waals surface area contributed by atoms with Gasteiger partial charge in [-0.1, -0.05) is 19.1 Å². The summed E-state index contributed by atoms with van der Waals surface area (Å²) in [7, 11) is 1.70. The van der Waals surface area contributed by atoms with Crippen LogP contribution in [0.15, 0.2) is 24.3 Å². The van der Waals surface area contributed by atoms with Gasteiger partial charge in [-0.05, 0) is 32.0 Å². The summed E-state index contributed by atoms with van der Waals surface area (Å²) in [6.45, 7) is 6.91. The normalized spacial score (nSPS) is 12.2. The van der Waals surface area contributed by atoms with Crippen molar-refractivity contribution in [3.63, 3.8) is 0 Å². The van der Waals surface area contributed by atoms with Gasteiger partial charge in [-0.25, -0.2) is 0 Å². The van der Waals surface area contributed by atoms with Crippen LogP contribution in [0.5, 0.6) is 11.5 Å². The van der Waals surface area contributed by atoms with Crippen LogP contribution in [0.4, 0.5) is 0 Å². The lowest BCUT2D eigenvalue weighted by molar-refractivity contribution is 0.134. The van der Waals surface area contributed by atoms with Gasteiger partial charge in [0.25, 0.3) is 0 Å². The number of ether oxygens (including phenoxy) is 3. The van der Waals surface area contributed by atoms with E-state index in [2.05, 4.69) is 12.2 Å². The van der Waals surface area contributed by atoms with Gasteiger partial charge < -0.3 is 19.5 Å². The van der Waals surface area contributed by atoms with Gasteiger partial charge >= 0.3 is 0 Å². The maximum absolute atomic E-state index is 5.83. The summed E-state index contributed by atoms with van der Waals surface area (Å²) in [5, 5.41) is 3.40. The molecule has 0 aromatic heterocycles. The highest BCUT2D eigenvalue weighted by atomic mass is 16.5. The monoisotopic (exact) mass is 267 g/mol. The topological polar surface area (TPSA) is 39.7 Å². The number of nitrogens with one attached hydrogen (secondary N) is 1. The molecule has 0 radical (unpaired) electrons. The van der Waals surface area contributed by atoms with Crippen molar-refractivity contribution >= 4 is 0 Å². The minimum Gasteiger partial charge on any atom is -0.490 e. The van der Waals surface area contributed by atoms with Crippen molar-refractivity contribution in [3.8, 4) is 11.5 Å². The summed E-state index contributed by atoms with van der Waals surface area (Å²) in [6, 6.07) is 7.93. The predicted molar refractivity (Wildman–Crippen MR) is 77.1 cm³/mol. The standard InChI is InChI=1S/C15H25NO3/c1-4-10-16-13(11-17-3)12-19-15-9-7-6-8-14(15)18-5-2/h6-9,13,16H,4-5,10-12H2,1-3H3. The molecule has 1 N–H and O–H groups in total. The van der Waals surface area contributed by atoms with Crippen molar-refractivity contribution in [2.45, 2.75) is 26.3 Å². The molecule has 0 aliphatic rings. The maximum Gasteiger partial charge on any atom is 0.161 e. The number of hydrogen-bond acceptors (Lipinski definition) is 4. The lowest BCUT2D eigenvalue weighted by Crippen LogP contribution is -2.38. The Bertz CT molecular complexity index is 344.